The van der Waals surface area contributed by atoms with Crippen molar-refractivity contribution >= 4 is 16.8 Å². The average Bonchev–Trinajstić information content (AvgIpc) is 2.78. The fourth-order valence-electron chi connectivity index (χ4n) is 3.05. The van der Waals surface area contributed by atoms with Crippen molar-refractivity contribution in [1.82, 2.24) is 15.0 Å². The Kier molecular flexibility index (Phi) is 5.13. The van der Waals surface area contributed by atoms with Gasteiger partial charge in [0.15, 0.2) is 5.82 Å². The zero-order valence-electron chi connectivity index (χ0n) is 16.3. The number of hydrogen-bond acceptors (Lipinski definition) is 7. The second kappa shape index (κ2) is 8.04. The Morgan fingerprint density at radius 2 is 1.63 bits per heavy atom. The Morgan fingerprint density at radius 1 is 0.867 bits per heavy atom. The maximum absolute atomic E-state index is 11.8. The van der Waals surface area contributed by atoms with Crippen LogP contribution in [0.2, 0.25) is 0 Å². The molecule has 0 aliphatic rings. The number of carbonyl (C=O) groups is 1. The Morgan fingerprint density at radius 3 is 2.33 bits per heavy atom. The van der Waals surface area contributed by atoms with Gasteiger partial charge in [0.05, 0.1) is 25.3 Å². The lowest BCUT2D eigenvalue weighted by Crippen LogP contribution is -2.12. The van der Waals surface area contributed by atoms with Crippen LogP contribution in [0.5, 0.6) is 23.0 Å². The number of methoxy groups -OCH3 is 2. The van der Waals surface area contributed by atoms with Crippen LogP contribution in [0, 0.1) is 0 Å². The highest BCUT2D eigenvalue weighted by molar-refractivity contribution is 6.01. The maximum atomic E-state index is 11.8. The fourth-order valence-corrected chi connectivity index (χ4v) is 3.05. The zero-order chi connectivity index (χ0) is 21.1. The number of benzene rings is 2. The van der Waals surface area contributed by atoms with Gasteiger partial charge in [0.1, 0.15) is 23.0 Å². The van der Waals surface area contributed by atoms with Crippen molar-refractivity contribution in [3.63, 3.8) is 0 Å². The number of amides is 1. The van der Waals surface area contributed by atoms with Crippen molar-refractivity contribution in [2.75, 3.05) is 14.2 Å². The van der Waals surface area contributed by atoms with Gasteiger partial charge < -0.3 is 19.9 Å². The SMILES string of the molecule is COc1cc(Oc2ccnc3cc(OC)c(C(N)=O)cc23)cc(-c2ncccn2)c1. The average molecular weight is 402 g/mol. The molecular formula is C22H18N4O4. The molecule has 2 aromatic carbocycles. The molecule has 8 nitrogen and oxygen atoms in total. The molecule has 150 valence electrons. The van der Waals surface area contributed by atoms with E-state index in [9.17, 15) is 4.79 Å². The standard InChI is InChI=1S/C22H18N4O4/c1-28-14-8-13(22-25-5-3-6-26-22)9-15(10-14)30-19-4-7-24-18-12-20(29-2)17(21(23)27)11-16(18)19/h3-12H,1-2H3,(H2,23,27). The van der Waals surface area contributed by atoms with E-state index < -0.39 is 5.91 Å². The number of nitrogens with zero attached hydrogens (tertiary/aromatic N) is 3. The molecule has 0 fully saturated rings. The minimum atomic E-state index is -0.603. The summed E-state index contributed by atoms with van der Waals surface area (Å²) in [7, 11) is 3.04. The normalized spacial score (nSPS) is 10.6. The van der Waals surface area contributed by atoms with Gasteiger partial charge in [-0.1, -0.05) is 0 Å². The molecule has 0 atom stereocenters. The number of primary amides is 1. The monoisotopic (exact) mass is 402 g/mol. The number of fused-ring (bicyclic) bond motifs is 1. The Hall–Kier alpha value is -4.20. The first-order chi connectivity index (χ1) is 14.6. The van der Waals surface area contributed by atoms with Crippen molar-refractivity contribution in [3.8, 4) is 34.4 Å². The van der Waals surface area contributed by atoms with Crippen LogP contribution in [0.4, 0.5) is 0 Å². The molecule has 1 amide bonds. The predicted octanol–water partition coefficient (Wildman–Crippen LogP) is 3.60. The van der Waals surface area contributed by atoms with E-state index in [2.05, 4.69) is 15.0 Å². The molecule has 2 N–H and O–H groups in total. The van der Waals surface area contributed by atoms with E-state index in [1.165, 1.54) is 7.11 Å². The molecule has 2 heterocycles. The topological polar surface area (TPSA) is 109 Å². The van der Waals surface area contributed by atoms with Crippen molar-refractivity contribution < 1.29 is 19.0 Å². The molecule has 0 saturated carbocycles. The van der Waals surface area contributed by atoms with Crippen molar-refractivity contribution in [2.24, 2.45) is 5.73 Å². The summed E-state index contributed by atoms with van der Waals surface area (Å²) in [4.78, 5) is 24.7. The van der Waals surface area contributed by atoms with Crippen molar-refractivity contribution in [2.45, 2.75) is 0 Å². The van der Waals surface area contributed by atoms with Crippen LogP contribution in [0.25, 0.3) is 22.3 Å². The second-order valence-corrected chi connectivity index (χ2v) is 6.31. The first-order valence-corrected chi connectivity index (χ1v) is 9.00. The number of rotatable bonds is 6. The summed E-state index contributed by atoms with van der Waals surface area (Å²) in [6.07, 6.45) is 4.94. The molecule has 4 rings (SSSR count). The van der Waals surface area contributed by atoms with E-state index in [0.29, 0.717) is 39.7 Å². The largest absolute Gasteiger partial charge is 0.497 e. The van der Waals surface area contributed by atoms with Crippen LogP contribution >= 0.6 is 0 Å². The first kappa shape index (κ1) is 19.1. The number of hydrogen-bond donors (Lipinski definition) is 1. The number of ether oxygens (including phenoxy) is 3. The van der Waals surface area contributed by atoms with E-state index in [1.807, 2.05) is 12.1 Å². The molecule has 4 aromatic rings. The van der Waals surface area contributed by atoms with Gasteiger partial charge in [0, 0.05) is 41.7 Å². The molecule has 0 aliphatic heterocycles. The van der Waals surface area contributed by atoms with E-state index in [4.69, 9.17) is 19.9 Å². The second-order valence-electron chi connectivity index (χ2n) is 6.31. The Balaban J connectivity index is 1.81. The van der Waals surface area contributed by atoms with E-state index in [1.54, 1.807) is 56.0 Å². The quantitative estimate of drug-likeness (QED) is 0.525. The smallest absolute Gasteiger partial charge is 0.252 e. The minimum absolute atomic E-state index is 0.242. The van der Waals surface area contributed by atoms with Crippen molar-refractivity contribution in [3.05, 3.63) is 66.6 Å². The molecule has 2 aromatic heterocycles. The molecular weight excluding hydrogens is 384 g/mol. The van der Waals surface area contributed by atoms with Gasteiger partial charge in [-0.15, -0.1) is 0 Å². The van der Waals surface area contributed by atoms with Crippen LogP contribution in [0.1, 0.15) is 10.4 Å². The summed E-state index contributed by atoms with van der Waals surface area (Å²) in [6, 6.07) is 12.1. The van der Waals surface area contributed by atoms with Crippen molar-refractivity contribution in [1.29, 1.82) is 0 Å². The first-order valence-electron chi connectivity index (χ1n) is 9.00. The summed E-state index contributed by atoms with van der Waals surface area (Å²) >= 11 is 0. The minimum Gasteiger partial charge on any atom is -0.497 e. The number of aromatic nitrogens is 3. The van der Waals surface area contributed by atoms with Gasteiger partial charge in [0.2, 0.25) is 0 Å². The Labute approximate surface area is 172 Å². The molecule has 0 unspecified atom stereocenters. The molecule has 0 aliphatic carbocycles. The summed E-state index contributed by atoms with van der Waals surface area (Å²) in [5.41, 5.74) is 7.08. The molecule has 8 heteroatoms. The van der Waals surface area contributed by atoms with Crippen LogP contribution in [-0.2, 0) is 0 Å². The highest BCUT2D eigenvalue weighted by atomic mass is 16.5. The molecule has 0 saturated heterocycles. The maximum Gasteiger partial charge on any atom is 0.252 e. The predicted molar refractivity (Wildman–Crippen MR) is 111 cm³/mol. The number of nitrogens with two attached hydrogens (primary N) is 1. The van der Waals surface area contributed by atoms with E-state index in [-0.39, 0.29) is 5.56 Å². The van der Waals surface area contributed by atoms with Gasteiger partial charge in [-0.2, -0.15) is 0 Å². The van der Waals surface area contributed by atoms with E-state index in [0.717, 1.165) is 5.56 Å². The van der Waals surface area contributed by atoms with Gasteiger partial charge >= 0.3 is 0 Å². The summed E-state index contributed by atoms with van der Waals surface area (Å²) in [5.74, 6) is 1.89. The van der Waals surface area contributed by atoms with Crippen LogP contribution in [-0.4, -0.2) is 35.1 Å². The highest BCUT2D eigenvalue weighted by Gasteiger charge is 2.15. The molecule has 0 bridgehead atoms. The van der Waals surface area contributed by atoms with Crippen LogP contribution in [0.15, 0.2) is 61.1 Å². The highest BCUT2D eigenvalue weighted by Crippen LogP contribution is 2.35. The molecule has 30 heavy (non-hydrogen) atoms. The summed E-state index contributed by atoms with van der Waals surface area (Å²) in [6.45, 7) is 0. The van der Waals surface area contributed by atoms with Gasteiger partial charge in [-0.25, -0.2) is 9.97 Å². The lowest BCUT2D eigenvalue weighted by Gasteiger charge is -2.13. The summed E-state index contributed by atoms with van der Waals surface area (Å²) < 4.78 is 16.8. The summed E-state index contributed by atoms with van der Waals surface area (Å²) in [5, 5.41) is 0.618. The van der Waals surface area contributed by atoms with Gasteiger partial charge in [0.25, 0.3) is 5.91 Å². The van der Waals surface area contributed by atoms with Crippen LogP contribution in [0.3, 0.4) is 0 Å². The third-order valence-corrected chi connectivity index (χ3v) is 4.46. The number of pyridine rings is 1. The third-order valence-electron chi connectivity index (χ3n) is 4.46. The third kappa shape index (κ3) is 3.70. The van der Waals surface area contributed by atoms with Gasteiger partial charge in [-0.3, -0.25) is 9.78 Å². The van der Waals surface area contributed by atoms with Gasteiger partial charge in [-0.05, 0) is 30.3 Å². The molecule has 0 radical (unpaired) electrons. The lowest BCUT2D eigenvalue weighted by molar-refractivity contribution is 0.0997. The van der Waals surface area contributed by atoms with E-state index >= 15 is 0 Å². The fraction of sp³-hybridized carbons (Fsp3) is 0.0909. The van der Waals surface area contributed by atoms with Crippen LogP contribution < -0.4 is 19.9 Å². The lowest BCUT2D eigenvalue weighted by atomic mass is 10.1. The zero-order valence-corrected chi connectivity index (χ0v) is 16.3. The Bertz CT molecular complexity index is 1230. The number of carbonyl (C=O) groups excluding carboxylic acids is 1. The molecule has 0 spiro atoms.